The average Bonchev–Trinajstić information content (AvgIpc) is 2.18. The molecule has 0 amide bonds. The number of likely N-dealkylation sites (N-methyl/N-ethyl adjacent to an activating group) is 1. The summed E-state index contributed by atoms with van der Waals surface area (Å²) < 4.78 is 0. The van der Waals surface area contributed by atoms with Crippen LogP contribution in [-0.4, -0.2) is 34.8 Å². The Hall–Kier alpha value is -1.07. The number of aromatic nitrogens is 2. The van der Waals surface area contributed by atoms with Gasteiger partial charge in [0.25, 0.3) is 0 Å². The van der Waals surface area contributed by atoms with Gasteiger partial charge in [-0.2, -0.15) is 4.98 Å². The molecule has 1 heterocycles. The van der Waals surface area contributed by atoms with Crippen LogP contribution in [0, 0.1) is 0 Å². The summed E-state index contributed by atoms with van der Waals surface area (Å²) in [6.07, 6.45) is 1.46. The van der Waals surface area contributed by atoms with Crippen molar-refractivity contribution in [2.24, 2.45) is 0 Å². The van der Waals surface area contributed by atoms with Gasteiger partial charge in [-0.05, 0) is 18.5 Å². The molecule has 6 heteroatoms. The van der Waals surface area contributed by atoms with E-state index in [4.69, 9.17) is 22.4 Å². The molecule has 0 spiro atoms. The van der Waals surface area contributed by atoms with Gasteiger partial charge in [0.1, 0.15) is 0 Å². The van der Waals surface area contributed by atoms with E-state index >= 15 is 0 Å². The van der Waals surface area contributed by atoms with E-state index in [1.807, 2.05) is 11.8 Å². The third kappa shape index (κ3) is 2.46. The number of rotatable bonds is 4. The summed E-state index contributed by atoms with van der Waals surface area (Å²) in [5, 5.41) is 8.99. The highest BCUT2D eigenvalue weighted by Gasteiger charge is 2.10. The van der Waals surface area contributed by atoms with Gasteiger partial charge in [-0.1, -0.05) is 0 Å². The summed E-state index contributed by atoms with van der Waals surface area (Å²) in [6.45, 7) is 3.19. The highest BCUT2D eigenvalue weighted by atomic mass is 35.5. The van der Waals surface area contributed by atoms with E-state index in [-0.39, 0.29) is 11.9 Å². The standard InChI is InChI=1S/C8H13ClN4O/c1-2-13(3-4-14)7-6(10)5-11-8(9)12-7/h5,14H,2-4,10H2,1H3. The first-order chi connectivity index (χ1) is 6.69. The highest BCUT2D eigenvalue weighted by molar-refractivity contribution is 6.28. The Bertz CT molecular complexity index is 307. The molecule has 0 saturated carbocycles. The predicted octanol–water partition coefficient (Wildman–Crippen LogP) is 0.531. The molecule has 0 aromatic carbocycles. The fourth-order valence-corrected chi connectivity index (χ4v) is 1.28. The van der Waals surface area contributed by atoms with Crippen molar-refractivity contribution in [1.29, 1.82) is 0 Å². The third-order valence-electron chi connectivity index (χ3n) is 1.82. The van der Waals surface area contributed by atoms with Gasteiger partial charge in [-0.3, -0.25) is 0 Å². The molecule has 1 aromatic rings. The van der Waals surface area contributed by atoms with E-state index < -0.39 is 0 Å². The Balaban J connectivity index is 2.96. The second-order valence-electron chi connectivity index (χ2n) is 2.72. The number of nitrogen functional groups attached to an aromatic ring is 1. The zero-order chi connectivity index (χ0) is 10.6. The summed E-state index contributed by atoms with van der Waals surface area (Å²) in [6, 6.07) is 0. The maximum Gasteiger partial charge on any atom is 0.224 e. The van der Waals surface area contributed by atoms with Crippen LogP contribution < -0.4 is 10.6 Å². The predicted molar refractivity (Wildman–Crippen MR) is 56.4 cm³/mol. The largest absolute Gasteiger partial charge is 0.395 e. The zero-order valence-corrected chi connectivity index (χ0v) is 8.70. The van der Waals surface area contributed by atoms with E-state index in [2.05, 4.69) is 9.97 Å². The fraction of sp³-hybridized carbons (Fsp3) is 0.500. The van der Waals surface area contributed by atoms with Crippen LogP contribution in [0.15, 0.2) is 6.20 Å². The van der Waals surface area contributed by atoms with Gasteiger partial charge >= 0.3 is 0 Å². The van der Waals surface area contributed by atoms with Crippen LogP contribution in [0.2, 0.25) is 5.28 Å². The van der Waals surface area contributed by atoms with Crippen LogP contribution >= 0.6 is 11.6 Å². The quantitative estimate of drug-likeness (QED) is 0.719. The molecule has 0 fully saturated rings. The molecule has 0 atom stereocenters. The highest BCUT2D eigenvalue weighted by Crippen LogP contribution is 2.20. The minimum Gasteiger partial charge on any atom is -0.395 e. The maximum absolute atomic E-state index is 8.83. The van der Waals surface area contributed by atoms with Gasteiger partial charge in [0.05, 0.1) is 18.5 Å². The Morgan fingerprint density at radius 2 is 2.36 bits per heavy atom. The summed E-state index contributed by atoms with van der Waals surface area (Å²) in [5.74, 6) is 0.571. The van der Waals surface area contributed by atoms with Crippen molar-refractivity contribution in [3.05, 3.63) is 11.5 Å². The number of hydrogen-bond donors (Lipinski definition) is 2. The van der Waals surface area contributed by atoms with Gasteiger partial charge in [0.15, 0.2) is 5.82 Å². The fourth-order valence-electron chi connectivity index (χ4n) is 1.15. The second kappa shape index (κ2) is 4.97. The molecule has 1 aromatic heterocycles. The van der Waals surface area contributed by atoms with E-state index in [1.54, 1.807) is 0 Å². The molecule has 0 aliphatic rings. The number of aliphatic hydroxyl groups is 1. The van der Waals surface area contributed by atoms with Crippen LogP contribution in [0.5, 0.6) is 0 Å². The van der Waals surface area contributed by atoms with Gasteiger partial charge in [-0.15, -0.1) is 0 Å². The minimum absolute atomic E-state index is 0.0505. The normalized spacial score (nSPS) is 10.2. The minimum atomic E-state index is 0.0505. The lowest BCUT2D eigenvalue weighted by atomic mass is 10.4. The average molecular weight is 217 g/mol. The SMILES string of the molecule is CCN(CCO)c1nc(Cl)ncc1N. The molecule has 0 aliphatic carbocycles. The molecule has 14 heavy (non-hydrogen) atoms. The van der Waals surface area contributed by atoms with Crippen LogP contribution in [0.25, 0.3) is 0 Å². The summed E-state index contributed by atoms with van der Waals surface area (Å²) in [5.41, 5.74) is 6.15. The molecule has 0 unspecified atom stereocenters. The van der Waals surface area contributed by atoms with Crippen molar-refractivity contribution in [1.82, 2.24) is 9.97 Å². The van der Waals surface area contributed by atoms with Crippen molar-refractivity contribution in [2.45, 2.75) is 6.92 Å². The molecular weight excluding hydrogens is 204 g/mol. The molecule has 1 rings (SSSR count). The number of halogens is 1. The molecule has 3 N–H and O–H groups in total. The lowest BCUT2D eigenvalue weighted by Gasteiger charge is -2.21. The third-order valence-corrected chi connectivity index (χ3v) is 2.00. The van der Waals surface area contributed by atoms with Crippen molar-refractivity contribution < 1.29 is 5.11 Å². The molecule has 0 radical (unpaired) electrons. The van der Waals surface area contributed by atoms with Crippen molar-refractivity contribution in [3.8, 4) is 0 Å². The number of hydrogen-bond acceptors (Lipinski definition) is 5. The summed E-state index contributed by atoms with van der Waals surface area (Å²) in [7, 11) is 0. The molecule has 0 saturated heterocycles. The van der Waals surface area contributed by atoms with Crippen molar-refractivity contribution in [2.75, 3.05) is 30.3 Å². The van der Waals surface area contributed by atoms with E-state index in [0.29, 0.717) is 24.6 Å². The number of anilines is 2. The lowest BCUT2D eigenvalue weighted by molar-refractivity contribution is 0.302. The Morgan fingerprint density at radius 3 is 2.93 bits per heavy atom. The first kappa shape index (κ1) is 11.0. The molecule has 78 valence electrons. The smallest absolute Gasteiger partial charge is 0.224 e. The second-order valence-corrected chi connectivity index (χ2v) is 3.06. The van der Waals surface area contributed by atoms with Gasteiger partial charge in [0.2, 0.25) is 5.28 Å². The number of nitrogens with two attached hydrogens (primary N) is 1. The van der Waals surface area contributed by atoms with E-state index in [0.717, 1.165) is 0 Å². The first-order valence-electron chi connectivity index (χ1n) is 4.32. The monoisotopic (exact) mass is 216 g/mol. The van der Waals surface area contributed by atoms with Gasteiger partial charge in [-0.25, -0.2) is 4.98 Å². The van der Waals surface area contributed by atoms with E-state index in [9.17, 15) is 0 Å². The molecule has 0 aliphatic heterocycles. The molecule has 0 bridgehead atoms. The van der Waals surface area contributed by atoms with E-state index in [1.165, 1.54) is 6.20 Å². The molecular formula is C8H13ClN4O. The number of nitrogens with zero attached hydrogens (tertiary/aromatic N) is 3. The van der Waals surface area contributed by atoms with Crippen LogP contribution in [0.4, 0.5) is 11.5 Å². The number of aliphatic hydroxyl groups excluding tert-OH is 1. The van der Waals surface area contributed by atoms with Crippen molar-refractivity contribution >= 4 is 23.1 Å². The molecule has 5 nitrogen and oxygen atoms in total. The zero-order valence-electron chi connectivity index (χ0n) is 7.94. The summed E-state index contributed by atoms with van der Waals surface area (Å²) >= 11 is 5.65. The van der Waals surface area contributed by atoms with Crippen LogP contribution in [0.3, 0.4) is 0 Å². The Kier molecular flexibility index (Phi) is 3.91. The van der Waals surface area contributed by atoms with Crippen LogP contribution in [0.1, 0.15) is 6.92 Å². The van der Waals surface area contributed by atoms with Gasteiger partial charge < -0.3 is 15.7 Å². The summed E-state index contributed by atoms with van der Waals surface area (Å²) in [4.78, 5) is 9.60. The Labute approximate surface area is 87.5 Å². The Morgan fingerprint density at radius 1 is 1.64 bits per heavy atom. The lowest BCUT2D eigenvalue weighted by Crippen LogP contribution is -2.28. The van der Waals surface area contributed by atoms with Crippen LogP contribution in [-0.2, 0) is 0 Å². The maximum atomic E-state index is 8.83. The first-order valence-corrected chi connectivity index (χ1v) is 4.70. The topological polar surface area (TPSA) is 75.3 Å². The van der Waals surface area contributed by atoms with Gasteiger partial charge in [0, 0.05) is 13.1 Å². The van der Waals surface area contributed by atoms with Crippen molar-refractivity contribution in [3.63, 3.8) is 0 Å².